The van der Waals surface area contributed by atoms with Crippen molar-refractivity contribution in [1.82, 2.24) is 4.90 Å². The second-order valence-corrected chi connectivity index (χ2v) is 5.07. The molecule has 5 nitrogen and oxygen atoms in total. The number of piperidine rings is 1. The Morgan fingerprint density at radius 2 is 1.94 bits per heavy atom. The van der Waals surface area contributed by atoms with Crippen LogP contribution in [0.4, 0.5) is 0 Å². The van der Waals surface area contributed by atoms with Crippen LogP contribution in [0, 0.1) is 5.41 Å². The summed E-state index contributed by atoms with van der Waals surface area (Å²) in [7, 11) is 0. The molecule has 2 aliphatic rings. The van der Waals surface area contributed by atoms with Gasteiger partial charge in [-0.15, -0.1) is 0 Å². The highest BCUT2D eigenvalue weighted by Gasteiger charge is 2.53. The summed E-state index contributed by atoms with van der Waals surface area (Å²) < 4.78 is 0. The van der Waals surface area contributed by atoms with Crippen molar-refractivity contribution < 1.29 is 19.8 Å². The van der Waals surface area contributed by atoms with Crippen molar-refractivity contribution >= 4 is 11.9 Å². The molecule has 1 atom stereocenters. The Hall–Kier alpha value is -1.10. The molecule has 2 N–H and O–H groups in total. The number of aliphatic hydroxyl groups excluding tert-OH is 1. The van der Waals surface area contributed by atoms with E-state index in [1.165, 1.54) is 0 Å². The van der Waals surface area contributed by atoms with Gasteiger partial charge in [-0.2, -0.15) is 0 Å². The second kappa shape index (κ2) is 4.64. The minimum absolute atomic E-state index is 0.0680. The van der Waals surface area contributed by atoms with Crippen LogP contribution in [0.25, 0.3) is 0 Å². The Kier molecular flexibility index (Phi) is 3.38. The summed E-state index contributed by atoms with van der Waals surface area (Å²) in [5.74, 6) is -1.29. The number of carbonyl (C=O) groups excluding carboxylic acids is 1. The summed E-state index contributed by atoms with van der Waals surface area (Å²) >= 11 is 0. The summed E-state index contributed by atoms with van der Waals surface area (Å²) in [5, 5.41) is 18.5. The van der Waals surface area contributed by atoms with E-state index in [1.807, 2.05) is 0 Å². The molecule has 1 saturated carbocycles. The van der Waals surface area contributed by atoms with Gasteiger partial charge >= 0.3 is 5.97 Å². The summed E-state index contributed by atoms with van der Waals surface area (Å²) in [4.78, 5) is 25.2. The molecule has 1 aliphatic carbocycles. The fourth-order valence-corrected chi connectivity index (χ4v) is 2.78. The molecule has 1 saturated heterocycles. The first-order chi connectivity index (χ1) is 8.12. The van der Waals surface area contributed by atoms with Gasteiger partial charge in [0.1, 0.15) is 5.41 Å². The molecule has 0 bridgehead atoms. The van der Waals surface area contributed by atoms with Gasteiger partial charge in [0.15, 0.2) is 0 Å². The molecule has 0 aromatic carbocycles. The van der Waals surface area contributed by atoms with Crippen molar-refractivity contribution in [3.05, 3.63) is 0 Å². The van der Waals surface area contributed by atoms with E-state index >= 15 is 0 Å². The summed E-state index contributed by atoms with van der Waals surface area (Å²) in [6.07, 6.45) is 4.35. The third-order valence-corrected chi connectivity index (χ3v) is 4.12. The van der Waals surface area contributed by atoms with Gasteiger partial charge in [0.2, 0.25) is 5.91 Å². The van der Waals surface area contributed by atoms with Crippen LogP contribution in [0.2, 0.25) is 0 Å². The van der Waals surface area contributed by atoms with Crippen LogP contribution in [0.15, 0.2) is 0 Å². The maximum Gasteiger partial charge on any atom is 0.319 e. The van der Waals surface area contributed by atoms with E-state index in [9.17, 15) is 19.8 Å². The van der Waals surface area contributed by atoms with E-state index in [4.69, 9.17) is 0 Å². The highest BCUT2D eigenvalue weighted by Crippen LogP contribution is 2.43. The minimum atomic E-state index is -1.19. The van der Waals surface area contributed by atoms with E-state index in [2.05, 4.69) is 0 Å². The predicted octanol–water partition coefficient (Wildman–Crippen LogP) is 0.615. The Morgan fingerprint density at radius 3 is 2.41 bits per heavy atom. The number of carbonyl (C=O) groups is 2. The van der Waals surface area contributed by atoms with Crippen LogP contribution < -0.4 is 0 Å². The van der Waals surface area contributed by atoms with E-state index in [0.717, 1.165) is 25.7 Å². The SMILES string of the molecule is O=C(O)C1(C(=O)N2CCCCC2CO)CCC1. The highest BCUT2D eigenvalue weighted by atomic mass is 16.4. The molecule has 1 heterocycles. The lowest BCUT2D eigenvalue weighted by Gasteiger charge is -2.44. The number of hydrogen-bond acceptors (Lipinski definition) is 3. The molecule has 17 heavy (non-hydrogen) atoms. The van der Waals surface area contributed by atoms with Gasteiger partial charge in [-0.1, -0.05) is 6.42 Å². The van der Waals surface area contributed by atoms with Crippen molar-refractivity contribution in [2.24, 2.45) is 5.41 Å². The molecule has 0 aromatic rings. The normalized spacial score (nSPS) is 27.4. The molecule has 1 unspecified atom stereocenters. The smallest absolute Gasteiger partial charge is 0.319 e. The first kappa shape index (κ1) is 12.4. The topological polar surface area (TPSA) is 77.8 Å². The summed E-state index contributed by atoms with van der Waals surface area (Å²) in [6, 6.07) is -0.187. The van der Waals surface area contributed by atoms with Crippen molar-refractivity contribution in [3.8, 4) is 0 Å². The minimum Gasteiger partial charge on any atom is -0.480 e. The monoisotopic (exact) mass is 241 g/mol. The molecule has 0 aromatic heterocycles. The number of hydrogen-bond donors (Lipinski definition) is 2. The molecule has 2 fully saturated rings. The van der Waals surface area contributed by atoms with Gasteiger partial charge in [-0.3, -0.25) is 9.59 Å². The van der Waals surface area contributed by atoms with Crippen LogP contribution in [0.5, 0.6) is 0 Å². The average molecular weight is 241 g/mol. The van der Waals surface area contributed by atoms with Crippen LogP contribution in [-0.4, -0.2) is 46.2 Å². The fraction of sp³-hybridized carbons (Fsp3) is 0.833. The molecule has 0 spiro atoms. The largest absolute Gasteiger partial charge is 0.480 e. The molecule has 2 rings (SSSR count). The van der Waals surface area contributed by atoms with E-state index < -0.39 is 11.4 Å². The molecular formula is C12H19NO4. The lowest BCUT2D eigenvalue weighted by Crippen LogP contribution is -2.57. The predicted molar refractivity (Wildman–Crippen MR) is 60.4 cm³/mol. The lowest BCUT2D eigenvalue weighted by molar-refractivity contribution is -0.170. The van der Waals surface area contributed by atoms with Gasteiger partial charge in [0.05, 0.1) is 12.6 Å². The number of aliphatic carboxylic acids is 1. The number of aliphatic hydroxyl groups is 1. The quantitative estimate of drug-likeness (QED) is 0.710. The molecule has 1 amide bonds. The Balaban J connectivity index is 2.15. The maximum atomic E-state index is 12.3. The van der Waals surface area contributed by atoms with Crippen LogP contribution in [0.1, 0.15) is 38.5 Å². The third kappa shape index (κ3) is 1.92. The zero-order valence-electron chi connectivity index (χ0n) is 9.89. The van der Waals surface area contributed by atoms with Gasteiger partial charge in [0.25, 0.3) is 0 Å². The van der Waals surface area contributed by atoms with E-state index in [1.54, 1.807) is 4.90 Å². The number of carboxylic acids is 1. The number of rotatable bonds is 3. The first-order valence-electron chi connectivity index (χ1n) is 6.27. The van der Waals surface area contributed by atoms with Gasteiger partial charge in [0, 0.05) is 6.54 Å². The Bertz CT molecular complexity index is 324. The van der Waals surface area contributed by atoms with Crippen LogP contribution in [0.3, 0.4) is 0 Å². The summed E-state index contributed by atoms with van der Waals surface area (Å²) in [5.41, 5.74) is -1.19. The zero-order chi connectivity index (χ0) is 12.5. The Labute approximate surface area is 100 Å². The molecular weight excluding hydrogens is 222 g/mol. The first-order valence-corrected chi connectivity index (χ1v) is 6.27. The average Bonchev–Trinajstić information content (AvgIpc) is 2.26. The van der Waals surface area contributed by atoms with E-state index in [-0.39, 0.29) is 18.6 Å². The second-order valence-electron chi connectivity index (χ2n) is 5.07. The number of likely N-dealkylation sites (tertiary alicyclic amines) is 1. The molecule has 5 heteroatoms. The summed E-state index contributed by atoms with van der Waals surface area (Å²) in [6.45, 7) is 0.514. The van der Waals surface area contributed by atoms with Crippen molar-refractivity contribution in [3.63, 3.8) is 0 Å². The van der Waals surface area contributed by atoms with Crippen molar-refractivity contribution in [2.45, 2.75) is 44.6 Å². The maximum absolute atomic E-state index is 12.3. The highest BCUT2D eigenvalue weighted by molar-refractivity contribution is 6.03. The Morgan fingerprint density at radius 1 is 1.24 bits per heavy atom. The van der Waals surface area contributed by atoms with E-state index in [0.29, 0.717) is 19.4 Å². The number of amides is 1. The standard InChI is InChI=1S/C12H19NO4/c14-8-9-4-1-2-7-13(9)10(15)12(11(16)17)5-3-6-12/h9,14H,1-8H2,(H,16,17). The van der Waals surface area contributed by atoms with Gasteiger partial charge < -0.3 is 15.1 Å². The lowest BCUT2D eigenvalue weighted by atomic mass is 9.67. The molecule has 1 aliphatic heterocycles. The number of carboxylic acid groups (broad SMARTS) is 1. The van der Waals surface area contributed by atoms with Gasteiger partial charge in [-0.05, 0) is 32.1 Å². The number of nitrogens with zero attached hydrogens (tertiary/aromatic N) is 1. The molecule has 0 radical (unpaired) electrons. The van der Waals surface area contributed by atoms with Crippen molar-refractivity contribution in [2.75, 3.05) is 13.2 Å². The third-order valence-electron chi connectivity index (χ3n) is 4.12. The van der Waals surface area contributed by atoms with Gasteiger partial charge in [-0.25, -0.2) is 0 Å². The zero-order valence-corrected chi connectivity index (χ0v) is 9.89. The van der Waals surface area contributed by atoms with Crippen molar-refractivity contribution in [1.29, 1.82) is 0 Å². The van der Waals surface area contributed by atoms with Crippen LogP contribution >= 0.6 is 0 Å². The van der Waals surface area contributed by atoms with Crippen LogP contribution in [-0.2, 0) is 9.59 Å². The molecule has 96 valence electrons. The fourth-order valence-electron chi connectivity index (χ4n) is 2.78.